The summed E-state index contributed by atoms with van der Waals surface area (Å²) in [5, 5.41) is 0. The van der Waals surface area contributed by atoms with Crippen LogP contribution in [0.5, 0.6) is 5.75 Å². The van der Waals surface area contributed by atoms with Crippen LogP contribution in [0.4, 0.5) is 4.39 Å². The van der Waals surface area contributed by atoms with Crippen LogP contribution >= 0.6 is 0 Å². The molecule has 1 saturated carbocycles. The topological polar surface area (TPSA) is 93.7 Å². The number of imidazole rings is 1. The SMILES string of the molecule is COc1cc(F)cc(-c2nc3ccc(C(N)=O)cc3n2C2CC(C(=O)N(C)CCCN(C)C)C2)c1. The van der Waals surface area contributed by atoms with Crippen molar-refractivity contribution in [2.45, 2.75) is 25.3 Å². The van der Waals surface area contributed by atoms with E-state index in [1.807, 2.05) is 25.7 Å². The number of nitrogens with zero attached hydrogens (tertiary/aromatic N) is 4. The number of methoxy groups -OCH3 is 1. The zero-order valence-electron chi connectivity index (χ0n) is 20.6. The largest absolute Gasteiger partial charge is 0.497 e. The summed E-state index contributed by atoms with van der Waals surface area (Å²) in [7, 11) is 7.37. The van der Waals surface area contributed by atoms with Crippen LogP contribution in [-0.4, -0.2) is 72.5 Å². The van der Waals surface area contributed by atoms with Crippen molar-refractivity contribution in [1.29, 1.82) is 0 Å². The zero-order chi connectivity index (χ0) is 25.3. The van der Waals surface area contributed by atoms with E-state index in [4.69, 9.17) is 15.5 Å². The smallest absolute Gasteiger partial charge is 0.248 e. The van der Waals surface area contributed by atoms with Crippen LogP contribution in [0.2, 0.25) is 0 Å². The molecule has 1 aliphatic rings. The first-order valence-electron chi connectivity index (χ1n) is 11.7. The first-order valence-corrected chi connectivity index (χ1v) is 11.7. The molecule has 0 aliphatic heterocycles. The number of halogens is 1. The molecule has 0 spiro atoms. The van der Waals surface area contributed by atoms with E-state index in [1.165, 1.54) is 19.2 Å². The van der Waals surface area contributed by atoms with Gasteiger partial charge < -0.3 is 24.8 Å². The molecule has 3 aromatic rings. The molecule has 186 valence electrons. The summed E-state index contributed by atoms with van der Waals surface area (Å²) in [5.41, 5.74) is 7.85. The van der Waals surface area contributed by atoms with E-state index in [2.05, 4.69) is 4.90 Å². The molecule has 1 aromatic heterocycles. The van der Waals surface area contributed by atoms with E-state index < -0.39 is 11.7 Å². The Labute approximate surface area is 204 Å². The van der Waals surface area contributed by atoms with Crippen LogP contribution in [0.25, 0.3) is 22.4 Å². The van der Waals surface area contributed by atoms with Gasteiger partial charge in [-0.2, -0.15) is 0 Å². The lowest BCUT2D eigenvalue weighted by Gasteiger charge is -2.38. The lowest BCUT2D eigenvalue weighted by molar-refractivity contribution is -0.138. The highest BCUT2D eigenvalue weighted by atomic mass is 19.1. The molecule has 1 heterocycles. The molecule has 1 fully saturated rings. The fourth-order valence-corrected chi connectivity index (χ4v) is 4.68. The molecular weight excluding hydrogens is 449 g/mol. The molecule has 9 heteroatoms. The van der Waals surface area contributed by atoms with Crippen molar-refractivity contribution in [3.8, 4) is 17.1 Å². The Balaban J connectivity index is 1.64. The van der Waals surface area contributed by atoms with Crippen molar-refractivity contribution in [3.63, 3.8) is 0 Å². The second-order valence-electron chi connectivity index (χ2n) is 9.49. The van der Waals surface area contributed by atoms with Gasteiger partial charge in [0.1, 0.15) is 17.4 Å². The summed E-state index contributed by atoms with van der Waals surface area (Å²) >= 11 is 0. The minimum atomic E-state index is -0.533. The van der Waals surface area contributed by atoms with Gasteiger partial charge in [-0.3, -0.25) is 9.59 Å². The van der Waals surface area contributed by atoms with Gasteiger partial charge in [0, 0.05) is 42.7 Å². The van der Waals surface area contributed by atoms with E-state index in [-0.39, 0.29) is 17.9 Å². The Morgan fingerprint density at radius 1 is 1.14 bits per heavy atom. The van der Waals surface area contributed by atoms with E-state index in [9.17, 15) is 14.0 Å². The average molecular weight is 482 g/mol. The molecule has 0 bridgehead atoms. The molecule has 0 unspecified atom stereocenters. The second-order valence-corrected chi connectivity index (χ2v) is 9.49. The fraction of sp³-hybridized carbons (Fsp3) is 0.423. The third-order valence-corrected chi connectivity index (χ3v) is 6.64. The quantitative estimate of drug-likeness (QED) is 0.506. The number of nitrogens with two attached hydrogens (primary N) is 1. The van der Waals surface area contributed by atoms with Crippen LogP contribution in [0.3, 0.4) is 0 Å². The molecule has 2 N–H and O–H groups in total. The second kappa shape index (κ2) is 10.0. The zero-order valence-corrected chi connectivity index (χ0v) is 20.6. The number of benzene rings is 2. The Bertz CT molecular complexity index is 1250. The molecule has 35 heavy (non-hydrogen) atoms. The number of hydrogen-bond acceptors (Lipinski definition) is 5. The Kier molecular flexibility index (Phi) is 7.07. The van der Waals surface area contributed by atoms with Crippen LogP contribution in [0.1, 0.15) is 35.7 Å². The highest BCUT2D eigenvalue weighted by Gasteiger charge is 2.39. The molecule has 1 aliphatic carbocycles. The molecule has 0 radical (unpaired) electrons. The number of carbonyl (C=O) groups is 2. The third kappa shape index (κ3) is 5.14. The lowest BCUT2D eigenvalue weighted by Crippen LogP contribution is -2.41. The number of carbonyl (C=O) groups excluding carboxylic acids is 2. The van der Waals surface area contributed by atoms with Crippen LogP contribution in [0, 0.1) is 11.7 Å². The predicted molar refractivity (Wildman–Crippen MR) is 133 cm³/mol. The molecule has 2 aromatic carbocycles. The highest BCUT2D eigenvalue weighted by molar-refractivity contribution is 5.97. The number of aromatic nitrogens is 2. The van der Waals surface area contributed by atoms with Crippen LogP contribution < -0.4 is 10.5 Å². The molecule has 0 saturated heterocycles. The van der Waals surface area contributed by atoms with Gasteiger partial charge in [-0.25, -0.2) is 9.37 Å². The summed E-state index contributed by atoms with van der Waals surface area (Å²) in [5.74, 6) is 0.0331. The first kappa shape index (κ1) is 24.7. The van der Waals surface area contributed by atoms with Crippen molar-refractivity contribution in [3.05, 3.63) is 47.8 Å². The van der Waals surface area contributed by atoms with E-state index in [0.717, 1.165) is 18.5 Å². The number of primary amides is 1. The average Bonchev–Trinajstić information content (AvgIpc) is 3.15. The van der Waals surface area contributed by atoms with E-state index >= 15 is 0 Å². The maximum Gasteiger partial charge on any atom is 0.248 e. The standard InChI is InChI=1S/C26H32FN5O3/c1-30(2)8-5-9-31(3)26(34)18-11-20(12-18)32-23-14-16(24(28)33)6-7-22(23)29-25(32)17-10-19(27)15-21(13-17)35-4/h6-7,10,13-15,18,20H,5,8-9,11-12H2,1-4H3,(H2,28,33). The number of hydrogen-bond donors (Lipinski definition) is 1. The summed E-state index contributed by atoms with van der Waals surface area (Å²) in [6.45, 7) is 1.64. The van der Waals surface area contributed by atoms with Gasteiger partial charge in [0.15, 0.2) is 0 Å². The normalized spacial score (nSPS) is 17.4. The van der Waals surface area contributed by atoms with Gasteiger partial charge in [-0.05, 0) is 70.2 Å². The molecule has 4 rings (SSSR count). The van der Waals surface area contributed by atoms with Crippen LogP contribution in [0.15, 0.2) is 36.4 Å². The van der Waals surface area contributed by atoms with Crippen molar-refractivity contribution in [2.75, 3.05) is 41.3 Å². The van der Waals surface area contributed by atoms with Gasteiger partial charge in [0.25, 0.3) is 0 Å². The van der Waals surface area contributed by atoms with Gasteiger partial charge in [-0.15, -0.1) is 0 Å². The van der Waals surface area contributed by atoms with Crippen molar-refractivity contribution in [2.24, 2.45) is 11.7 Å². The minimum Gasteiger partial charge on any atom is -0.497 e. The van der Waals surface area contributed by atoms with Gasteiger partial charge in [-0.1, -0.05) is 0 Å². The molecule has 8 nitrogen and oxygen atoms in total. The number of fused-ring (bicyclic) bond motifs is 1. The maximum absolute atomic E-state index is 14.3. The number of amides is 2. The van der Waals surface area contributed by atoms with E-state index in [1.54, 1.807) is 29.2 Å². The number of rotatable bonds is 9. The predicted octanol–water partition coefficient (Wildman–Crippen LogP) is 3.31. The van der Waals surface area contributed by atoms with Crippen molar-refractivity contribution >= 4 is 22.8 Å². The molecule has 2 amide bonds. The maximum atomic E-state index is 14.3. The van der Waals surface area contributed by atoms with Gasteiger partial charge in [0.05, 0.1) is 18.1 Å². The van der Waals surface area contributed by atoms with Crippen molar-refractivity contribution < 1.29 is 18.7 Å². The highest BCUT2D eigenvalue weighted by Crippen LogP contribution is 2.43. The summed E-state index contributed by atoms with van der Waals surface area (Å²) in [6, 6.07) is 9.53. The first-order chi connectivity index (χ1) is 16.7. The monoisotopic (exact) mass is 481 g/mol. The fourth-order valence-electron chi connectivity index (χ4n) is 4.68. The summed E-state index contributed by atoms with van der Waals surface area (Å²) < 4.78 is 21.6. The van der Waals surface area contributed by atoms with Gasteiger partial charge >= 0.3 is 0 Å². The van der Waals surface area contributed by atoms with Crippen LogP contribution in [-0.2, 0) is 4.79 Å². The minimum absolute atomic E-state index is 0.0171. The Morgan fingerprint density at radius 2 is 1.89 bits per heavy atom. The summed E-state index contributed by atoms with van der Waals surface area (Å²) in [6.07, 6.45) is 2.20. The number of ether oxygens (including phenoxy) is 1. The lowest BCUT2D eigenvalue weighted by atomic mass is 9.78. The Hall–Kier alpha value is -3.46. The summed E-state index contributed by atoms with van der Waals surface area (Å²) in [4.78, 5) is 33.5. The van der Waals surface area contributed by atoms with Crippen molar-refractivity contribution in [1.82, 2.24) is 19.4 Å². The molecule has 0 atom stereocenters. The van der Waals surface area contributed by atoms with E-state index in [0.29, 0.717) is 47.6 Å². The molecular formula is C26H32FN5O3. The third-order valence-electron chi connectivity index (χ3n) is 6.64. The van der Waals surface area contributed by atoms with Gasteiger partial charge in [0.2, 0.25) is 11.8 Å². The Morgan fingerprint density at radius 3 is 2.54 bits per heavy atom.